The fourth-order valence-corrected chi connectivity index (χ4v) is 5.31. The van der Waals surface area contributed by atoms with Crippen LogP contribution in [0.2, 0.25) is 0 Å². The van der Waals surface area contributed by atoms with Crippen LogP contribution in [0.25, 0.3) is 5.76 Å². The van der Waals surface area contributed by atoms with Crippen molar-refractivity contribution in [2.75, 3.05) is 18.1 Å². The fourth-order valence-electron chi connectivity index (χ4n) is 4.06. The number of ketones is 1. The first-order valence-corrected chi connectivity index (χ1v) is 13.8. The van der Waals surface area contributed by atoms with E-state index in [0.29, 0.717) is 29.2 Å². The van der Waals surface area contributed by atoms with Gasteiger partial charge in [-0.3, -0.25) is 14.5 Å². The van der Waals surface area contributed by atoms with Crippen LogP contribution in [0.5, 0.6) is 5.75 Å². The number of anilines is 1. The van der Waals surface area contributed by atoms with Crippen LogP contribution in [0.4, 0.5) is 5.13 Å². The number of aliphatic hydroxyl groups excluding tert-OH is 1. The highest BCUT2D eigenvalue weighted by molar-refractivity contribution is 9.10. The van der Waals surface area contributed by atoms with E-state index in [1.807, 2.05) is 0 Å². The highest BCUT2D eigenvalue weighted by Gasteiger charge is 2.48. The predicted octanol–water partition coefficient (Wildman–Crippen LogP) is 6.20. The highest BCUT2D eigenvalue weighted by atomic mass is 79.9. The lowest BCUT2D eigenvalue weighted by molar-refractivity contribution is -0.132. The van der Waals surface area contributed by atoms with Gasteiger partial charge in [-0.1, -0.05) is 52.7 Å². The summed E-state index contributed by atoms with van der Waals surface area (Å²) in [5.41, 5.74) is 1.29. The molecule has 0 aliphatic carbocycles. The Morgan fingerprint density at radius 2 is 1.79 bits per heavy atom. The van der Waals surface area contributed by atoms with Gasteiger partial charge in [0.25, 0.3) is 5.78 Å². The number of rotatable bonds is 9. The third-order valence-corrected chi connectivity index (χ3v) is 7.64. The molecular formula is C28H27BrN2O6S. The standard InChI is InChI=1S/C28H27BrN2O6S/c1-4-6-15-37-20-13-9-18(10-14-20)23(32)21-22(17-7-11-19(29)12-8-17)31(26(34)24(21)33)28-30-16(3)25(38-28)27(35)36-5-2/h7-14,22,32H,4-6,15H2,1-3H3. The molecule has 1 atom stereocenters. The Morgan fingerprint density at radius 1 is 1.11 bits per heavy atom. The molecule has 198 valence electrons. The Labute approximate surface area is 233 Å². The van der Waals surface area contributed by atoms with Gasteiger partial charge >= 0.3 is 11.9 Å². The Kier molecular flexibility index (Phi) is 8.63. The number of ether oxygens (including phenoxy) is 2. The monoisotopic (exact) mass is 598 g/mol. The molecule has 0 saturated carbocycles. The third kappa shape index (κ3) is 5.51. The molecule has 3 aromatic rings. The van der Waals surface area contributed by atoms with E-state index in [2.05, 4.69) is 27.8 Å². The first-order chi connectivity index (χ1) is 18.3. The summed E-state index contributed by atoms with van der Waals surface area (Å²) in [5.74, 6) is -1.90. The van der Waals surface area contributed by atoms with Crippen LogP contribution in [0, 0.1) is 6.92 Å². The molecule has 1 aliphatic rings. The van der Waals surface area contributed by atoms with Gasteiger partial charge in [-0.05, 0) is 62.2 Å². The van der Waals surface area contributed by atoms with Crippen LogP contribution >= 0.6 is 27.3 Å². The maximum Gasteiger partial charge on any atom is 0.350 e. The molecule has 10 heteroatoms. The van der Waals surface area contributed by atoms with Gasteiger partial charge < -0.3 is 14.6 Å². The zero-order valence-electron chi connectivity index (χ0n) is 21.2. The molecule has 2 heterocycles. The van der Waals surface area contributed by atoms with Crippen molar-refractivity contribution >= 4 is 55.8 Å². The lowest BCUT2D eigenvalue weighted by atomic mass is 9.95. The number of amides is 1. The second-order valence-corrected chi connectivity index (χ2v) is 10.5. The SMILES string of the molecule is CCCCOc1ccc(C(O)=C2C(=O)C(=O)N(c3nc(C)c(C(=O)OCC)s3)C2c2ccc(Br)cc2)cc1. The van der Waals surface area contributed by atoms with Crippen molar-refractivity contribution in [1.82, 2.24) is 4.98 Å². The summed E-state index contributed by atoms with van der Waals surface area (Å²) in [6.07, 6.45) is 1.93. The summed E-state index contributed by atoms with van der Waals surface area (Å²) in [6.45, 7) is 6.19. The number of esters is 1. The molecule has 0 radical (unpaired) electrons. The molecule has 4 rings (SSSR count). The van der Waals surface area contributed by atoms with Gasteiger partial charge in [0.2, 0.25) is 0 Å². The summed E-state index contributed by atoms with van der Waals surface area (Å²) >= 11 is 4.38. The maximum atomic E-state index is 13.4. The minimum atomic E-state index is -0.954. The number of nitrogens with zero attached hydrogens (tertiary/aromatic N) is 2. The normalized spacial score (nSPS) is 16.6. The van der Waals surface area contributed by atoms with Crippen molar-refractivity contribution in [3.05, 3.63) is 80.3 Å². The van der Waals surface area contributed by atoms with Gasteiger partial charge in [0.1, 0.15) is 16.4 Å². The summed E-state index contributed by atoms with van der Waals surface area (Å²) in [7, 11) is 0. The summed E-state index contributed by atoms with van der Waals surface area (Å²) < 4.78 is 11.6. The van der Waals surface area contributed by atoms with E-state index in [0.717, 1.165) is 28.7 Å². The second kappa shape index (κ2) is 11.9. The maximum absolute atomic E-state index is 13.4. The summed E-state index contributed by atoms with van der Waals surface area (Å²) in [5, 5.41) is 11.5. The molecular weight excluding hydrogens is 572 g/mol. The first-order valence-electron chi connectivity index (χ1n) is 12.2. The molecule has 1 aromatic heterocycles. The average Bonchev–Trinajstić information content (AvgIpc) is 3.41. The minimum Gasteiger partial charge on any atom is -0.507 e. The molecule has 1 fully saturated rings. The van der Waals surface area contributed by atoms with E-state index >= 15 is 0 Å². The molecule has 8 nitrogen and oxygen atoms in total. The number of carbonyl (C=O) groups excluding carboxylic acids is 3. The van der Waals surface area contributed by atoms with E-state index in [4.69, 9.17) is 9.47 Å². The zero-order chi connectivity index (χ0) is 27.4. The van der Waals surface area contributed by atoms with E-state index in [1.165, 1.54) is 4.90 Å². The van der Waals surface area contributed by atoms with Gasteiger partial charge in [0.05, 0.1) is 30.5 Å². The van der Waals surface area contributed by atoms with Crippen LogP contribution in [0.15, 0.2) is 58.6 Å². The van der Waals surface area contributed by atoms with E-state index in [-0.39, 0.29) is 27.9 Å². The van der Waals surface area contributed by atoms with E-state index in [1.54, 1.807) is 62.4 Å². The van der Waals surface area contributed by atoms with Gasteiger partial charge in [-0.15, -0.1) is 0 Å². The van der Waals surface area contributed by atoms with E-state index < -0.39 is 23.7 Å². The molecule has 1 N–H and O–H groups in total. The molecule has 0 bridgehead atoms. The van der Waals surface area contributed by atoms with Gasteiger partial charge in [-0.25, -0.2) is 9.78 Å². The van der Waals surface area contributed by atoms with E-state index in [9.17, 15) is 19.5 Å². The number of carbonyl (C=O) groups is 3. The molecule has 1 saturated heterocycles. The topological polar surface area (TPSA) is 106 Å². The average molecular weight is 600 g/mol. The largest absolute Gasteiger partial charge is 0.507 e. The Bertz CT molecular complexity index is 1380. The lowest BCUT2D eigenvalue weighted by Gasteiger charge is -2.23. The molecule has 1 amide bonds. The number of aromatic nitrogens is 1. The molecule has 0 spiro atoms. The molecule has 1 aliphatic heterocycles. The van der Waals surface area contributed by atoms with Crippen LogP contribution in [0.1, 0.15) is 59.2 Å². The highest BCUT2D eigenvalue weighted by Crippen LogP contribution is 2.44. The number of halogens is 1. The number of hydrogen-bond donors (Lipinski definition) is 1. The molecule has 2 aromatic carbocycles. The number of Topliss-reactive ketones (excluding diaryl/α,β-unsaturated/α-hetero) is 1. The van der Waals surface area contributed by atoms with Crippen LogP contribution < -0.4 is 9.64 Å². The predicted molar refractivity (Wildman–Crippen MR) is 149 cm³/mol. The quantitative estimate of drug-likeness (QED) is 0.103. The first kappa shape index (κ1) is 27.5. The third-order valence-electron chi connectivity index (χ3n) is 5.98. The Morgan fingerprint density at radius 3 is 2.42 bits per heavy atom. The van der Waals surface area contributed by atoms with Crippen molar-refractivity contribution < 1.29 is 29.0 Å². The summed E-state index contributed by atoms with van der Waals surface area (Å²) in [6, 6.07) is 12.9. The summed E-state index contributed by atoms with van der Waals surface area (Å²) in [4.78, 5) is 45.1. The number of aryl methyl sites for hydroxylation is 1. The fraction of sp³-hybridized carbons (Fsp3) is 0.286. The van der Waals surface area contributed by atoms with Crippen molar-refractivity contribution in [3.8, 4) is 5.75 Å². The van der Waals surface area contributed by atoms with Gasteiger partial charge in [0.15, 0.2) is 5.13 Å². The van der Waals surface area contributed by atoms with Crippen LogP contribution in [0.3, 0.4) is 0 Å². The van der Waals surface area contributed by atoms with Crippen molar-refractivity contribution in [3.63, 3.8) is 0 Å². The van der Waals surface area contributed by atoms with Crippen molar-refractivity contribution in [1.29, 1.82) is 0 Å². The van der Waals surface area contributed by atoms with Gasteiger partial charge in [0, 0.05) is 10.0 Å². The minimum absolute atomic E-state index is 0.0671. The molecule has 1 unspecified atom stereocenters. The number of hydrogen-bond acceptors (Lipinski definition) is 8. The smallest absolute Gasteiger partial charge is 0.350 e. The lowest BCUT2D eigenvalue weighted by Crippen LogP contribution is -2.29. The van der Waals surface area contributed by atoms with Crippen molar-refractivity contribution in [2.24, 2.45) is 0 Å². The Balaban J connectivity index is 1.80. The zero-order valence-corrected chi connectivity index (χ0v) is 23.6. The number of thiazole rings is 1. The second-order valence-electron chi connectivity index (χ2n) is 8.58. The van der Waals surface area contributed by atoms with Crippen LogP contribution in [-0.2, 0) is 14.3 Å². The number of unbranched alkanes of at least 4 members (excludes halogenated alkanes) is 1. The Hall–Kier alpha value is -3.50. The van der Waals surface area contributed by atoms with Gasteiger partial charge in [-0.2, -0.15) is 0 Å². The molecule has 38 heavy (non-hydrogen) atoms. The number of benzene rings is 2. The number of aliphatic hydroxyl groups is 1. The van der Waals surface area contributed by atoms with Crippen LogP contribution in [-0.4, -0.2) is 41.0 Å². The van der Waals surface area contributed by atoms with Crippen molar-refractivity contribution in [2.45, 2.75) is 39.7 Å².